The summed E-state index contributed by atoms with van der Waals surface area (Å²) in [4.78, 5) is 2.42. The molecule has 3 aliphatic carbocycles. The van der Waals surface area contributed by atoms with Crippen LogP contribution in [0, 0.1) is 6.92 Å². The van der Waals surface area contributed by atoms with E-state index in [0.29, 0.717) is 11.8 Å². The van der Waals surface area contributed by atoms with Gasteiger partial charge in [0.25, 0.3) is 0 Å². The van der Waals surface area contributed by atoms with E-state index in [9.17, 15) is 0 Å². The molecule has 0 bridgehead atoms. The number of hydrogen-bond acceptors (Lipinski definition) is 1. The summed E-state index contributed by atoms with van der Waals surface area (Å²) in [5, 5.41) is 0. The van der Waals surface area contributed by atoms with Crippen LogP contribution in [0.1, 0.15) is 91.3 Å². The Kier molecular flexibility index (Phi) is 9.82. The Morgan fingerprint density at radius 1 is 0.685 bits per heavy atom. The summed E-state index contributed by atoms with van der Waals surface area (Å²) in [6.07, 6.45) is 19.6. The molecule has 8 rings (SSSR count). The van der Waals surface area contributed by atoms with Crippen LogP contribution >= 0.6 is 0 Å². The molecule has 0 N–H and O–H groups in total. The smallest absolute Gasteiger partial charge is 0.0461 e. The third-order valence-electron chi connectivity index (χ3n) is 11.9. The molecular formula is C53H51N. The molecule has 2 atom stereocenters. The SMILES string of the molecule is C/C(=C/C=C(\C)c1ccc(N(C2=CCC(c3ccccc3)C=C2)c2ccc(C3C=C4C(=CC3)c3ccccc3C4(C)C)cc2)cc1)Cc1ccccc1C. The van der Waals surface area contributed by atoms with Gasteiger partial charge in [0, 0.05) is 34.3 Å². The van der Waals surface area contributed by atoms with Crippen LogP contribution in [-0.2, 0) is 11.8 Å². The fraction of sp³-hybridized carbons (Fsp3) is 0.208. The normalized spacial score (nSPS) is 19.0. The first-order valence-electron chi connectivity index (χ1n) is 19.6. The van der Waals surface area contributed by atoms with Gasteiger partial charge >= 0.3 is 0 Å². The van der Waals surface area contributed by atoms with E-state index < -0.39 is 0 Å². The molecule has 1 nitrogen and oxygen atoms in total. The molecule has 1 heteroatoms. The van der Waals surface area contributed by atoms with Crippen molar-refractivity contribution in [1.29, 1.82) is 0 Å². The summed E-state index contributed by atoms with van der Waals surface area (Å²) in [5.74, 6) is 0.753. The minimum absolute atomic E-state index is 0.0192. The minimum Gasteiger partial charge on any atom is -0.311 e. The minimum atomic E-state index is 0.0192. The van der Waals surface area contributed by atoms with Crippen LogP contribution in [0.4, 0.5) is 11.4 Å². The third kappa shape index (κ3) is 7.04. The molecule has 0 aromatic heterocycles. The fourth-order valence-electron chi connectivity index (χ4n) is 8.60. The number of nitrogens with zero attached hydrogens (tertiary/aromatic N) is 1. The third-order valence-corrected chi connectivity index (χ3v) is 11.9. The number of anilines is 2. The first-order valence-corrected chi connectivity index (χ1v) is 19.6. The van der Waals surface area contributed by atoms with E-state index in [0.717, 1.165) is 24.9 Å². The zero-order chi connectivity index (χ0) is 37.2. The van der Waals surface area contributed by atoms with Gasteiger partial charge in [0.15, 0.2) is 0 Å². The highest BCUT2D eigenvalue weighted by Crippen LogP contribution is 2.53. The molecule has 0 aliphatic heterocycles. The Labute approximate surface area is 323 Å². The first kappa shape index (κ1) is 35.4. The predicted octanol–water partition coefficient (Wildman–Crippen LogP) is 14.1. The van der Waals surface area contributed by atoms with E-state index >= 15 is 0 Å². The quantitative estimate of drug-likeness (QED) is 0.138. The Morgan fingerprint density at radius 2 is 1.33 bits per heavy atom. The molecule has 0 radical (unpaired) electrons. The Hall–Kier alpha value is -5.66. The van der Waals surface area contributed by atoms with Crippen molar-refractivity contribution in [3.8, 4) is 0 Å². The van der Waals surface area contributed by atoms with E-state index in [1.54, 1.807) is 0 Å². The van der Waals surface area contributed by atoms with Crippen molar-refractivity contribution in [2.24, 2.45) is 0 Å². The molecule has 0 heterocycles. The number of allylic oxidation sites excluding steroid dienone is 11. The van der Waals surface area contributed by atoms with Gasteiger partial charge < -0.3 is 4.90 Å². The molecule has 54 heavy (non-hydrogen) atoms. The molecule has 3 aliphatic rings. The highest BCUT2D eigenvalue weighted by atomic mass is 15.1. The molecule has 5 aromatic carbocycles. The molecule has 0 fully saturated rings. The van der Waals surface area contributed by atoms with Gasteiger partial charge in [0.2, 0.25) is 0 Å². The summed E-state index contributed by atoms with van der Waals surface area (Å²) in [6, 6.07) is 46.9. The second-order valence-electron chi connectivity index (χ2n) is 15.9. The van der Waals surface area contributed by atoms with Gasteiger partial charge in [-0.1, -0.05) is 159 Å². The van der Waals surface area contributed by atoms with Crippen molar-refractivity contribution in [2.45, 2.75) is 71.1 Å². The molecule has 2 unspecified atom stereocenters. The second kappa shape index (κ2) is 15.0. The number of benzene rings is 5. The van der Waals surface area contributed by atoms with Crippen LogP contribution in [-0.4, -0.2) is 0 Å². The van der Waals surface area contributed by atoms with E-state index in [1.165, 1.54) is 72.6 Å². The fourth-order valence-corrected chi connectivity index (χ4v) is 8.60. The largest absolute Gasteiger partial charge is 0.311 e. The molecule has 0 spiro atoms. The number of aryl methyl sites for hydroxylation is 1. The van der Waals surface area contributed by atoms with Crippen LogP contribution in [0.2, 0.25) is 0 Å². The Morgan fingerprint density at radius 3 is 2.06 bits per heavy atom. The van der Waals surface area contributed by atoms with Crippen LogP contribution in [0.3, 0.4) is 0 Å². The maximum Gasteiger partial charge on any atom is 0.0461 e. The van der Waals surface area contributed by atoms with Crippen LogP contribution in [0.25, 0.3) is 11.1 Å². The summed E-state index contributed by atoms with van der Waals surface area (Å²) >= 11 is 0. The molecule has 0 amide bonds. The van der Waals surface area contributed by atoms with Gasteiger partial charge in [0.1, 0.15) is 0 Å². The monoisotopic (exact) mass is 701 g/mol. The van der Waals surface area contributed by atoms with Crippen molar-refractivity contribution in [1.82, 2.24) is 0 Å². The zero-order valence-corrected chi connectivity index (χ0v) is 32.4. The van der Waals surface area contributed by atoms with Gasteiger partial charge in [-0.15, -0.1) is 0 Å². The summed E-state index contributed by atoms with van der Waals surface area (Å²) in [7, 11) is 0. The van der Waals surface area contributed by atoms with Gasteiger partial charge in [0.05, 0.1) is 0 Å². The van der Waals surface area contributed by atoms with Gasteiger partial charge in [-0.3, -0.25) is 0 Å². The molecule has 0 saturated carbocycles. The van der Waals surface area contributed by atoms with Crippen molar-refractivity contribution in [3.63, 3.8) is 0 Å². The van der Waals surface area contributed by atoms with Crippen LogP contribution in [0.15, 0.2) is 187 Å². The Bertz CT molecular complexity index is 2340. The molecule has 5 aromatic rings. The molecule has 0 saturated heterocycles. The van der Waals surface area contributed by atoms with Crippen molar-refractivity contribution in [2.75, 3.05) is 4.90 Å². The topological polar surface area (TPSA) is 3.24 Å². The standard InChI is InChI=1S/C53H51N/c1-37(35-44-16-10-9-13-38(44)2)19-20-39(3)40-21-28-46(29-22-40)54(47-30-23-42(24-31-47)41-14-7-6-8-15-41)48-32-25-43(26-33-48)45-27-34-50-49-17-11-12-18-51(49)53(4,5)52(50)36-45/h6-23,25-26,28-34,36,42,45H,24,27,35H2,1-5H3/b37-19-,39-20+. The number of fused-ring (bicyclic) bond motifs is 3. The zero-order valence-electron chi connectivity index (χ0n) is 32.4. The number of rotatable bonds is 9. The van der Waals surface area contributed by atoms with Gasteiger partial charge in [-0.05, 0) is 126 Å². The summed E-state index contributed by atoms with van der Waals surface area (Å²) in [5.41, 5.74) is 18.6. The lowest BCUT2D eigenvalue weighted by atomic mass is 9.77. The average molecular weight is 702 g/mol. The van der Waals surface area contributed by atoms with Crippen molar-refractivity contribution >= 4 is 22.5 Å². The molecular weight excluding hydrogens is 651 g/mol. The lowest BCUT2D eigenvalue weighted by Gasteiger charge is -2.30. The van der Waals surface area contributed by atoms with Crippen LogP contribution in [0.5, 0.6) is 0 Å². The number of hydrogen-bond donors (Lipinski definition) is 0. The van der Waals surface area contributed by atoms with E-state index in [2.05, 4.69) is 209 Å². The lowest BCUT2D eigenvalue weighted by molar-refractivity contribution is 0.648. The van der Waals surface area contributed by atoms with E-state index in [4.69, 9.17) is 0 Å². The lowest BCUT2D eigenvalue weighted by Crippen LogP contribution is -2.18. The van der Waals surface area contributed by atoms with E-state index in [1.807, 2.05) is 0 Å². The highest BCUT2D eigenvalue weighted by Gasteiger charge is 2.39. The van der Waals surface area contributed by atoms with Gasteiger partial charge in [-0.2, -0.15) is 0 Å². The summed E-state index contributed by atoms with van der Waals surface area (Å²) in [6.45, 7) is 11.4. The van der Waals surface area contributed by atoms with E-state index in [-0.39, 0.29) is 5.41 Å². The Balaban J connectivity index is 1.06. The van der Waals surface area contributed by atoms with Gasteiger partial charge in [-0.25, -0.2) is 0 Å². The van der Waals surface area contributed by atoms with Crippen LogP contribution < -0.4 is 4.90 Å². The van der Waals surface area contributed by atoms with Crippen molar-refractivity contribution < 1.29 is 0 Å². The van der Waals surface area contributed by atoms with Crippen molar-refractivity contribution in [3.05, 3.63) is 226 Å². The summed E-state index contributed by atoms with van der Waals surface area (Å²) < 4.78 is 0. The predicted molar refractivity (Wildman–Crippen MR) is 231 cm³/mol. The average Bonchev–Trinajstić information content (AvgIpc) is 3.44. The highest BCUT2D eigenvalue weighted by molar-refractivity contribution is 5.90. The maximum atomic E-state index is 2.55. The first-order chi connectivity index (χ1) is 26.3. The second-order valence-corrected chi connectivity index (χ2v) is 15.9. The molecule has 268 valence electrons. The maximum absolute atomic E-state index is 2.55.